The Hall–Kier alpha value is -2.04. The van der Waals surface area contributed by atoms with Crippen LogP contribution in [0.5, 0.6) is 0 Å². The van der Waals surface area contributed by atoms with E-state index in [0.29, 0.717) is 13.1 Å². The van der Waals surface area contributed by atoms with Gasteiger partial charge in [0.2, 0.25) is 0 Å². The Bertz CT molecular complexity index is 516. The van der Waals surface area contributed by atoms with Crippen LogP contribution in [0.2, 0.25) is 0 Å². The molecule has 0 bridgehead atoms. The van der Waals surface area contributed by atoms with Crippen molar-refractivity contribution in [2.24, 2.45) is 0 Å². The van der Waals surface area contributed by atoms with Crippen molar-refractivity contribution in [2.45, 2.75) is 25.7 Å². The lowest BCUT2D eigenvalue weighted by Crippen LogP contribution is -2.41. The summed E-state index contributed by atoms with van der Waals surface area (Å²) in [7, 11) is 1.78. The number of fused-ring (bicyclic) bond motifs is 1. The van der Waals surface area contributed by atoms with Crippen LogP contribution < -0.4 is 4.90 Å². The zero-order valence-corrected chi connectivity index (χ0v) is 11.9. The molecule has 1 aliphatic heterocycles. The fraction of sp³-hybridized carbons (Fsp3) is 0.467. The maximum Gasteiger partial charge on any atom is 0.324 e. The molecule has 5 nitrogen and oxygen atoms in total. The molecule has 0 saturated carbocycles. The van der Waals surface area contributed by atoms with Crippen molar-refractivity contribution in [3.63, 3.8) is 0 Å². The van der Waals surface area contributed by atoms with Crippen molar-refractivity contribution < 1.29 is 14.7 Å². The van der Waals surface area contributed by atoms with Crippen molar-refractivity contribution in [2.75, 3.05) is 25.0 Å². The molecule has 0 aromatic heterocycles. The fourth-order valence-electron chi connectivity index (χ4n) is 2.70. The van der Waals surface area contributed by atoms with Crippen molar-refractivity contribution >= 4 is 17.7 Å². The Morgan fingerprint density at radius 3 is 2.75 bits per heavy atom. The maximum atomic E-state index is 12.4. The number of nitrogens with zero attached hydrogens (tertiary/aromatic N) is 2. The maximum absolute atomic E-state index is 12.4. The van der Waals surface area contributed by atoms with Gasteiger partial charge in [-0.3, -0.25) is 9.69 Å². The molecule has 1 aliphatic rings. The van der Waals surface area contributed by atoms with Crippen LogP contribution in [0.25, 0.3) is 0 Å². The van der Waals surface area contributed by atoms with Crippen molar-refractivity contribution in [3.8, 4) is 0 Å². The van der Waals surface area contributed by atoms with Crippen LogP contribution in [0.15, 0.2) is 24.3 Å². The van der Waals surface area contributed by atoms with E-state index in [1.165, 1.54) is 0 Å². The molecule has 1 aromatic carbocycles. The summed E-state index contributed by atoms with van der Waals surface area (Å²) in [6.45, 7) is 3.16. The number of amides is 2. The van der Waals surface area contributed by atoms with Crippen LogP contribution in [-0.4, -0.2) is 42.1 Å². The van der Waals surface area contributed by atoms with E-state index in [1.54, 1.807) is 16.8 Å². The van der Waals surface area contributed by atoms with Gasteiger partial charge in [-0.1, -0.05) is 25.1 Å². The molecule has 0 fully saturated rings. The molecule has 1 unspecified atom stereocenters. The summed E-state index contributed by atoms with van der Waals surface area (Å²) in [5.41, 5.74) is 1.79. The van der Waals surface area contributed by atoms with E-state index in [1.807, 2.05) is 31.2 Å². The average Bonchev–Trinajstić information content (AvgIpc) is 2.77. The highest BCUT2D eigenvalue weighted by molar-refractivity contribution is 5.94. The zero-order valence-electron chi connectivity index (χ0n) is 11.9. The zero-order chi connectivity index (χ0) is 14.7. The monoisotopic (exact) mass is 276 g/mol. The first kappa shape index (κ1) is 14.4. The van der Waals surface area contributed by atoms with E-state index in [4.69, 9.17) is 5.11 Å². The lowest BCUT2D eigenvalue weighted by Gasteiger charge is -2.25. The minimum Gasteiger partial charge on any atom is -0.481 e. The van der Waals surface area contributed by atoms with Gasteiger partial charge >= 0.3 is 12.0 Å². The smallest absolute Gasteiger partial charge is 0.324 e. The van der Waals surface area contributed by atoms with Gasteiger partial charge in [0, 0.05) is 31.7 Å². The summed E-state index contributed by atoms with van der Waals surface area (Å²) < 4.78 is 0. The molecule has 108 valence electrons. The number of carbonyl (C=O) groups excluding carboxylic acids is 1. The van der Waals surface area contributed by atoms with Gasteiger partial charge in [0.05, 0.1) is 6.42 Å². The lowest BCUT2D eigenvalue weighted by atomic mass is 9.98. The molecule has 1 N–H and O–H groups in total. The van der Waals surface area contributed by atoms with E-state index in [0.717, 1.165) is 17.7 Å². The Labute approximate surface area is 118 Å². The summed E-state index contributed by atoms with van der Waals surface area (Å²) in [6.07, 6.45) is 0.953. The number of carboxylic acid groups (broad SMARTS) is 1. The normalized spacial score (nSPS) is 16.9. The third-order valence-electron chi connectivity index (χ3n) is 3.61. The van der Waals surface area contributed by atoms with Gasteiger partial charge in [0.1, 0.15) is 0 Å². The van der Waals surface area contributed by atoms with Gasteiger partial charge < -0.3 is 10.0 Å². The minimum absolute atomic E-state index is 0.0539. The third kappa shape index (κ3) is 2.76. The highest BCUT2D eigenvalue weighted by Crippen LogP contribution is 2.38. The molecule has 1 atom stereocenters. The predicted molar refractivity (Wildman–Crippen MR) is 77.1 cm³/mol. The standard InChI is InChI=1S/C15H20N2O3/c1-3-8-16(2)15(20)17-10-11(9-14(18)19)12-6-4-5-7-13(12)17/h4-7,11H,3,8-10H2,1-2H3,(H,18,19). The van der Waals surface area contributed by atoms with E-state index in [-0.39, 0.29) is 18.4 Å². The van der Waals surface area contributed by atoms with Crippen LogP contribution in [0.3, 0.4) is 0 Å². The van der Waals surface area contributed by atoms with E-state index >= 15 is 0 Å². The molecule has 0 aliphatic carbocycles. The Kier molecular flexibility index (Phi) is 4.27. The largest absolute Gasteiger partial charge is 0.481 e. The quantitative estimate of drug-likeness (QED) is 0.919. The van der Waals surface area contributed by atoms with Gasteiger partial charge in [-0.05, 0) is 18.1 Å². The molecule has 0 radical (unpaired) electrons. The van der Waals surface area contributed by atoms with Crippen LogP contribution in [-0.2, 0) is 4.79 Å². The van der Waals surface area contributed by atoms with Crippen molar-refractivity contribution in [3.05, 3.63) is 29.8 Å². The predicted octanol–water partition coefficient (Wildman–Crippen LogP) is 2.53. The molecule has 2 rings (SSSR count). The Morgan fingerprint density at radius 2 is 2.10 bits per heavy atom. The lowest BCUT2D eigenvalue weighted by molar-refractivity contribution is -0.137. The minimum atomic E-state index is -0.832. The molecule has 20 heavy (non-hydrogen) atoms. The summed E-state index contributed by atoms with van der Waals surface area (Å²) >= 11 is 0. The number of aliphatic carboxylic acids is 1. The number of hydrogen-bond donors (Lipinski definition) is 1. The highest BCUT2D eigenvalue weighted by atomic mass is 16.4. The summed E-state index contributed by atoms with van der Waals surface area (Å²) in [5, 5.41) is 9.00. The van der Waals surface area contributed by atoms with Crippen LogP contribution in [0.4, 0.5) is 10.5 Å². The molecule has 2 amide bonds. The van der Waals surface area contributed by atoms with Gasteiger partial charge in [0.15, 0.2) is 0 Å². The van der Waals surface area contributed by atoms with Gasteiger partial charge in [-0.25, -0.2) is 4.79 Å². The molecule has 1 aromatic rings. The number of anilines is 1. The topological polar surface area (TPSA) is 60.9 Å². The number of carbonyl (C=O) groups is 2. The number of carboxylic acids is 1. The molecule has 0 saturated heterocycles. The molecule has 1 heterocycles. The second kappa shape index (κ2) is 5.94. The van der Waals surface area contributed by atoms with E-state index < -0.39 is 5.97 Å². The van der Waals surface area contributed by atoms with Crippen LogP contribution in [0, 0.1) is 0 Å². The molecule has 5 heteroatoms. The number of hydrogen-bond acceptors (Lipinski definition) is 2. The van der Waals surface area contributed by atoms with Crippen molar-refractivity contribution in [1.29, 1.82) is 0 Å². The van der Waals surface area contributed by atoms with E-state index in [9.17, 15) is 9.59 Å². The molecular weight excluding hydrogens is 256 g/mol. The average molecular weight is 276 g/mol. The van der Waals surface area contributed by atoms with Crippen LogP contribution >= 0.6 is 0 Å². The third-order valence-corrected chi connectivity index (χ3v) is 3.61. The van der Waals surface area contributed by atoms with E-state index in [2.05, 4.69) is 0 Å². The number of urea groups is 1. The SMILES string of the molecule is CCCN(C)C(=O)N1CC(CC(=O)O)c2ccccc21. The Morgan fingerprint density at radius 1 is 1.40 bits per heavy atom. The van der Waals surface area contributed by atoms with Crippen LogP contribution in [0.1, 0.15) is 31.2 Å². The van der Waals surface area contributed by atoms with Crippen molar-refractivity contribution in [1.82, 2.24) is 4.90 Å². The highest BCUT2D eigenvalue weighted by Gasteiger charge is 2.34. The first-order chi connectivity index (χ1) is 9.54. The second-order valence-corrected chi connectivity index (χ2v) is 5.17. The second-order valence-electron chi connectivity index (χ2n) is 5.17. The summed E-state index contributed by atoms with van der Waals surface area (Å²) in [4.78, 5) is 26.8. The molecule has 0 spiro atoms. The first-order valence-corrected chi connectivity index (χ1v) is 6.88. The molecular formula is C15H20N2O3. The summed E-state index contributed by atoms with van der Waals surface area (Å²) in [6, 6.07) is 7.50. The first-order valence-electron chi connectivity index (χ1n) is 6.88. The van der Waals surface area contributed by atoms with Gasteiger partial charge in [-0.15, -0.1) is 0 Å². The fourth-order valence-corrected chi connectivity index (χ4v) is 2.70. The number of para-hydroxylation sites is 1. The summed E-state index contributed by atoms with van der Waals surface area (Å²) in [5.74, 6) is -0.955. The van der Waals surface area contributed by atoms with Gasteiger partial charge in [-0.2, -0.15) is 0 Å². The number of rotatable bonds is 4. The number of benzene rings is 1. The van der Waals surface area contributed by atoms with Gasteiger partial charge in [0.25, 0.3) is 0 Å². The Balaban J connectivity index is 2.24.